The molecule has 146 valence electrons. The van der Waals surface area contributed by atoms with E-state index in [0.717, 1.165) is 16.0 Å². The zero-order valence-electron chi connectivity index (χ0n) is 15.5. The molecule has 0 aromatic heterocycles. The van der Waals surface area contributed by atoms with E-state index in [0.29, 0.717) is 27.1 Å². The summed E-state index contributed by atoms with van der Waals surface area (Å²) in [5.41, 5.74) is 2.48. The number of benzene rings is 2. The fourth-order valence-corrected chi connectivity index (χ4v) is 3.16. The van der Waals surface area contributed by atoms with E-state index in [1.54, 1.807) is 43.5 Å². The van der Waals surface area contributed by atoms with Crippen LogP contribution in [0.3, 0.4) is 0 Å². The van der Waals surface area contributed by atoms with Gasteiger partial charge in [0.05, 0.1) is 30.8 Å². The molecule has 1 aliphatic heterocycles. The van der Waals surface area contributed by atoms with Crippen molar-refractivity contribution in [2.24, 2.45) is 0 Å². The molecule has 0 unspecified atom stereocenters. The van der Waals surface area contributed by atoms with Gasteiger partial charge in [-0.3, -0.25) is 9.69 Å². The van der Waals surface area contributed by atoms with Crippen molar-refractivity contribution in [3.8, 4) is 11.5 Å². The van der Waals surface area contributed by atoms with Gasteiger partial charge in [-0.15, -0.1) is 0 Å². The first-order valence-corrected chi connectivity index (χ1v) is 9.10. The molecular formula is C20H18Cl2N2O4. The summed E-state index contributed by atoms with van der Waals surface area (Å²) in [5.74, 6) is 0.694. The molecule has 0 bridgehead atoms. The lowest BCUT2D eigenvalue weighted by Gasteiger charge is -2.12. The van der Waals surface area contributed by atoms with Crippen LogP contribution in [0, 0.1) is 6.92 Å². The van der Waals surface area contributed by atoms with Crippen molar-refractivity contribution >= 4 is 41.2 Å². The van der Waals surface area contributed by atoms with Crippen LogP contribution in [0.1, 0.15) is 16.7 Å². The van der Waals surface area contributed by atoms with Crippen LogP contribution < -0.4 is 14.8 Å². The molecule has 0 aliphatic carbocycles. The van der Waals surface area contributed by atoms with Gasteiger partial charge in [0.2, 0.25) is 0 Å². The Labute approximate surface area is 172 Å². The molecule has 2 aromatic rings. The molecule has 1 aliphatic rings. The molecule has 1 saturated heterocycles. The number of hydrogen-bond donors (Lipinski definition) is 1. The molecule has 0 atom stereocenters. The minimum Gasteiger partial charge on any atom is -0.493 e. The van der Waals surface area contributed by atoms with Crippen molar-refractivity contribution in [3.05, 3.63) is 62.8 Å². The Morgan fingerprint density at radius 2 is 1.71 bits per heavy atom. The van der Waals surface area contributed by atoms with E-state index in [4.69, 9.17) is 32.7 Å². The fourth-order valence-electron chi connectivity index (χ4n) is 2.84. The number of carbonyl (C=O) groups is 2. The predicted molar refractivity (Wildman–Crippen MR) is 108 cm³/mol. The van der Waals surface area contributed by atoms with Crippen molar-refractivity contribution in [2.45, 2.75) is 13.5 Å². The summed E-state index contributed by atoms with van der Waals surface area (Å²) in [7, 11) is 3.09. The highest BCUT2D eigenvalue weighted by molar-refractivity contribution is 6.42. The van der Waals surface area contributed by atoms with Crippen LogP contribution in [0.15, 0.2) is 36.0 Å². The van der Waals surface area contributed by atoms with Crippen molar-refractivity contribution in [2.75, 3.05) is 14.2 Å². The second kappa shape index (κ2) is 8.12. The number of amides is 3. The number of rotatable bonds is 5. The summed E-state index contributed by atoms with van der Waals surface area (Å²) >= 11 is 11.9. The Balaban J connectivity index is 1.88. The molecule has 3 amide bonds. The molecule has 0 radical (unpaired) electrons. The first-order chi connectivity index (χ1) is 13.3. The quantitative estimate of drug-likeness (QED) is 0.574. The lowest BCUT2D eigenvalue weighted by atomic mass is 10.1. The van der Waals surface area contributed by atoms with Gasteiger partial charge < -0.3 is 14.8 Å². The van der Waals surface area contributed by atoms with Crippen LogP contribution in [0.2, 0.25) is 10.0 Å². The fraction of sp³-hybridized carbons (Fsp3) is 0.200. The minimum absolute atomic E-state index is 0.0871. The van der Waals surface area contributed by atoms with Gasteiger partial charge in [0.25, 0.3) is 5.91 Å². The standard InChI is InChI=1S/C20H18Cl2N2O4/c1-11-6-17(27-2)18(28-3)9-13(11)8-16-19(25)24(20(26)23-16)10-12-4-5-14(21)15(22)7-12/h4-9H,10H2,1-3H3,(H,23,26)/b16-8-. The number of hydrogen-bond acceptors (Lipinski definition) is 4. The van der Waals surface area contributed by atoms with E-state index in [9.17, 15) is 9.59 Å². The highest BCUT2D eigenvalue weighted by atomic mass is 35.5. The van der Waals surface area contributed by atoms with Gasteiger partial charge in [-0.25, -0.2) is 4.79 Å². The average molecular weight is 421 g/mol. The summed E-state index contributed by atoms with van der Waals surface area (Å²) < 4.78 is 10.6. The monoisotopic (exact) mass is 420 g/mol. The largest absolute Gasteiger partial charge is 0.493 e. The van der Waals surface area contributed by atoms with Crippen molar-refractivity contribution in [1.82, 2.24) is 10.2 Å². The second-order valence-electron chi connectivity index (χ2n) is 6.19. The van der Waals surface area contributed by atoms with Gasteiger partial charge >= 0.3 is 6.03 Å². The van der Waals surface area contributed by atoms with Crippen molar-refractivity contribution in [3.63, 3.8) is 0 Å². The summed E-state index contributed by atoms with van der Waals surface area (Å²) in [4.78, 5) is 26.1. The van der Waals surface area contributed by atoms with Gasteiger partial charge in [0.15, 0.2) is 11.5 Å². The first kappa shape index (κ1) is 20.0. The molecule has 1 heterocycles. The normalized spacial score (nSPS) is 15.2. The third kappa shape index (κ3) is 3.93. The van der Waals surface area contributed by atoms with Gasteiger partial charge in [0.1, 0.15) is 5.70 Å². The molecule has 28 heavy (non-hydrogen) atoms. The third-order valence-electron chi connectivity index (χ3n) is 4.36. The number of nitrogens with zero attached hydrogens (tertiary/aromatic N) is 1. The number of nitrogens with one attached hydrogen (secondary N) is 1. The lowest BCUT2D eigenvalue weighted by Crippen LogP contribution is -2.30. The van der Waals surface area contributed by atoms with E-state index in [1.807, 2.05) is 6.92 Å². The Kier molecular flexibility index (Phi) is 5.82. The van der Waals surface area contributed by atoms with Crippen LogP contribution in [0.5, 0.6) is 11.5 Å². The Morgan fingerprint density at radius 3 is 2.36 bits per heavy atom. The summed E-state index contributed by atoms with van der Waals surface area (Å²) in [6, 6.07) is 8.03. The zero-order chi connectivity index (χ0) is 20.4. The molecular weight excluding hydrogens is 403 g/mol. The maximum absolute atomic E-state index is 12.7. The topological polar surface area (TPSA) is 67.9 Å². The lowest BCUT2D eigenvalue weighted by molar-refractivity contribution is -0.123. The van der Waals surface area contributed by atoms with Crippen molar-refractivity contribution in [1.29, 1.82) is 0 Å². The highest BCUT2D eigenvalue weighted by Crippen LogP contribution is 2.32. The number of ether oxygens (including phenoxy) is 2. The van der Waals surface area contributed by atoms with E-state index in [-0.39, 0.29) is 12.2 Å². The summed E-state index contributed by atoms with van der Waals surface area (Å²) in [5, 5.41) is 3.38. The summed E-state index contributed by atoms with van der Waals surface area (Å²) in [6.45, 7) is 1.97. The van der Waals surface area contributed by atoms with Gasteiger partial charge in [0, 0.05) is 0 Å². The molecule has 1 N–H and O–H groups in total. The third-order valence-corrected chi connectivity index (χ3v) is 5.10. The average Bonchev–Trinajstić information content (AvgIpc) is 2.93. The highest BCUT2D eigenvalue weighted by Gasteiger charge is 2.33. The maximum atomic E-state index is 12.7. The number of urea groups is 1. The maximum Gasteiger partial charge on any atom is 0.329 e. The minimum atomic E-state index is -0.500. The second-order valence-corrected chi connectivity index (χ2v) is 7.01. The number of carbonyl (C=O) groups excluding carboxylic acids is 2. The smallest absolute Gasteiger partial charge is 0.329 e. The van der Waals surface area contributed by atoms with Crippen LogP contribution in [-0.4, -0.2) is 31.1 Å². The van der Waals surface area contributed by atoms with Gasteiger partial charge in [-0.05, 0) is 54.0 Å². The van der Waals surface area contributed by atoms with Crippen LogP contribution >= 0.6 is 23.2 Å². The SMILES string of the molecule is COc1cc(C)c(/C=C2\NC(=O)N(Cc3ccc(Cl)c(Cl)c3)C2=O)cc1OC. The Bertz CT molecular complexity index is 988. The van der Waals surface area contributed by atoms with Crippen molar-refractivity contribution < 1.29 is 19.1 Å². The molecule has 1 fully saturated rings. The number of aryl methyl sites for hydroxylation is 1. The van der Waals surface area contributed by atoms with E-state index < -0.39 is 11.9 Å². The zero-order valence-corrected chi connectivity index (χ0v) is 17.0. The van der Waals surface area contributed by atoms with Crippen LogP contribution in [0.25, 0.3) is 6.08 Å². The molecule has 3 rings (SSSR count). The van der Waals surface area contributed by atoms with Crippen LogP contribution in [-0.2, 0) is 11.3 Å². The van der Waals surface area contributed by atoms with E-state index in [2.05, 4.69) is 5.32 Å². The molecule has 0 spiro atoms. The molecule has 8 heteroatoms. The Morgan fingerprint density at radius 1 is 1.04 bits per heavy atom. The number of halogens is 2. The van der Waals surface area contributed by atoms with Gasteiger partial charge in [-0.2, -0.15) is 0 Å². The predicted octanol–water partition coefficient (Wildman–Crippen LogP) is 4.41. The van der Waals surface area contributed by atoms with E-state index in [1.165, 1.54) is 7.11 Å². The number of methoxy groups -OCH3 is 2. The first-order valence-electron chi connectivity index (χ1n) is 8.35. The van der Waals surface area contributed by atoms with Gasteiger partial charge in [-0.1, -0.05) is 29.3 Å². The van der Waals surface area contributed by atoms with Crippen LogP contribution in [0.4, 0.5) is 4.79 Å². The Hall–Kier alpha value is -2.70. The molecule has 0 saturated carbocycles. The summed E-state index contributed by atoms with van der Waals surface area (Å²) in [6.07, 6.45) is 1.62. The molecule has 2 aromatic carbocycles. The number of imide groups is 1. The van der Waals surface area contributed by atoms with E-state index >= 15 is 0 Å². The molecule has 6 nitrogen and oxygen atoms in total.